The van der Waals surface area contributed by atoms with E-state index in [4.69, 9.17) is 9.47 Å². The standard InChI is InChI=1S/C18H22N4O3S/c1-13-21-15(10-26-13)17(23)22-11-18(12-22)8-14(3-7-25-18)2-6-24-16-9-19-4-5-20-16/h4-5,9-10,14H,2-3,6-8,11-12H2,1H3. The number of ether oxygens (including phenoxy) is 2. The second kappa shape index (κ2) is 7.28. The third-order valence-electron chi connectivity index (χ3n) is 4.99. The van der Waals surface area contributed by atoms with Crippen LogP contribution in [0.5, 0.6) is 5.88 Å². The zero-order valence-corrected chi connectivity index (χ0v) is 15.6. The minimum Gasteiger partial charge on any atom is -0.477 e. The number of rotatable bonds is 5. The van der Waals surface area contributed by atoms with Crippen molar-refractivity contribution in [3.8, 4) is 5.88 Å². The Morgan fingerprint density at radius 1 is 1.46 bits per heavy atom. The number of nitrogens with zero attached hydrogens (tertiary/aromatic N) is 4. The van der Waals surface area contributed by atoms with Crippen LogP contribution in [-0.4, -0.2) is 57.7 Å². The van der Waals surface area contributed by atoms with Gasteiger partial charge in [-0.3, -0.25) is 9.78 Å². The number of amides is 1. The first-order valence-corrected chi connectivity index (χ1v) is 9.76. The summed E-state index contributed by atoms with van der Waals surface area (Å²) in [5, 5.41) is 2.75. The van der Waals surface area contributed by atoms with E-state index in [9.17, 15) is 4.79 Å². The van der Waals surface area contributed by atoms with Gasteiger partial charge >= 0.3 is 0 Å². The number of carbonyl (C=O) groups excluding carboxylic acids is 1. The van der Waals surface area contributed by atoms with E-state index in [-0.39, 0.29) is 11.5 Å². The summed E-state index contributed by atoms with van der Waals surface area (Å²) in [7, 11) is 0. The summed E-state index contributed by atoms with van der Waals surface area (Å²) >= 11 is 1.51. The first-order valence-electron chi connectivity index (χ1n) is 8.88. The summed E-state index contributed by atoms with van der Waals surface area (Å²) in [6.07, 6.45) is 7.84. The van der Waals surface area contributed by atoms with Crippen LogP contribution in [0.2, 0.25) is 0 Å². The van der Waals surface area contributed by atoms with Gasteiger partial charge in [-0.25, -0.2) is 9.97 Å². The van der Waals surface area contributed by atoms with Gasteiger partial charge in [0.15, 0.2) is 0 Å². The first-order chi connectivity index (χ1) is 12.6. The van der Waals surface area contributed by atoms with Crippen LogP contribution in [0, 0.1) is 12.8 Å². The van der Waals surface area contributed by atoms with E-state index in [2.05, 4.69) is 15.0 Å². The molecule has 1 spiro atoms. The number of aryl methyl sites for hydroxylation is 1. The third-order valence-corrected chi connectivity index (χ3v) is 5.77. The highest BCUT2D eigenvalue weighted by Crippen LogP contribution is 2.38. The van der Waals surface area contributed by atoms with Crippen LogP contribution in [0.1, 0.15) is 34.8 Å². The Morgan fingerprint density at radius 3 is 3.08 bits per heavy atom. The molecule has 2 aliphatic heterocycles. The smallest absolute Gasteiger partial charge is 0.273 e. The summed E-state index contributed by atoms with van der Waals surface area (Å²) in [4.78, 5) is 26.7. The molecule has 7 nitrogen and oxygen atoms in total. The molecule has 2 aromatic heterocycles. The number of thiazole rings is 1. The molecule has 1 amide bonds. The fourth-order valence-corrected chi connectivity index (χ4v) is 4.29. The second-order valence-corrected chi connectivity index (χ2v) is 8.05. The molecule has 0 aromatic carbocycles. The Labute approximate surface area is 156 Å². The van der Waals surface area contributed by atoms with Crippen molar-refractivity contribution in [3.05, 3.63) is 34.7 Å². The fraction of sp³-hybridized carbons (Fsp3) is 0.556. The summed E-state index contributed by atoms with van der Waals surface area (Å²) in [6.45, 7) is 4.60. The van der Waals surface area contributed by atoms with Crippen LogP contribution in [0.15, 0.2) is 24.0 Å². The molecule has 0 aliphatic carbocycles. The average molecular weight is 374 g/mol. The SMILES string of the molecule is Cc1nc(C(=O)N2CC3(CC(CCOc4cnccn4)CCO3)C2)cs1. The topological polar surface area (TPSA) is 77.4 Å². The van der Waals surface area contributed by atoms with Crippen molar-refractivity contribution < 1.29 is 14.3 Å². The average Bonchev–Trinajstić information content (AvgIpc) is 3.07. The monoisotopic (exact) mass is 374 g/mol. The Morgan fingerprint density at radius 2 is 2.35 bits per heavy atom. The van der Waals surface area contributed by atoms with Gasteiger partial charge in [0.1, 0.15) is 11.3 Å². The van der Waals surface area contributed by atoms with Crippen LogP contribution in [0.3, 0.4) is 0 Å². The van der Waals surface area contributed by atoms with E-state index in [1.165, 1.54) is 11.3 Å². The van der Waals surface area contributed by atoms with Gasteiger partial charge in [0, 0.05) is 24.4 Å². The zero-order chi connectivity index (χ0) is 18.0. The van der Waals surface area contributed by atoms with Gasteiger partial charge in [0.25, 0.3) is 5.91 Å². The van der Waals surface area contributed by atoms with Crippen molar-refractivity contribution in [2.24, 2.45) is 5.92 Å². The van der Waals surface area contributed by atoms with E-state index in [1.807, 2.05) is 17.2 Å². The van der Waals surface area contributed by atoms with E-state index < -0.39 is 0 Å². The summed E-state index contributed by atoms with van der Waals surface area (Å²) in [5.74, 6) is 1.11. The maximum atomic E-state index is 12.5. The van der Waals surface area contributed by atoms with Gasteiger partial charge in [0.2, 0.25) is 5.88 Å². The lowest BCUT2D eigenvalue weighted by molar-refractivity contribution is -0.166. The van der Waals surface area contributed by atoms with E-state index in [0.717, 1.165) is 30.9 Å². The number of aromatic nitrogens is 3. The molecular formula is C18H22N4O3S. The largest absolute Gasteiger partial charge is 0.477 e. The highest BCUT2D eigenvalue weighted by Gasteiger charge is 2.49. The molecule has 2 aromatic rings. The number of hydrogen-bond acceptors (Lipinski definition) is 7. The predicted octanol–water partition coefficient (Wildman–Crippen LogP) is 2.33. The molecule has 0 bridgehead atoms. The van der Waals surface area contributed by atoms with Gasteiger partial charge in [0.05, 0.1) is 30.9 Å². The molecule has 4 heterocycles. The van der Waals surface area contributed by atoms with Gasteiger partial charge in [-0.05, 0) is 32.1 Å². The van der Waals surface area contributed by atoms with Gasteiger partial charge in [-0.15, -0.1) is 11.3 Å². The van der Waals surface area contributed by atoms with Crippen molar-refractivity contribution >= 4 is 17.2 Å². The quantitative estimate of drug-likeness (QED) is 0.799. The van der Waals surface area contributed by atoms with E-state index >= 15 is 0 Å². The van der Waals surface area contributed by atoms with Crippen molar-refractivity contribution in [2.75, 3.05) is 26.3 Å². The molecule has 1 atom stereocenters. The lowest BCUT2D eigenvalue weighted by Gasteiger charge is -2.53. The highest BCUT2D eigenvalue weighted by atomic mass is 32.1. The molecule has 8 heteroatoms. The molecule has 2 fully saturated rings. The molecule has 4 rings (SSSR count). The molecule has 138 valence electrons. The highest BCUT2D eigenvalue weighted by molar-refractivity contribution is 7.09. The predicted molar refractivity (Wildman–Crippen MR) is 96.3 cm³/mol. The zero-order valence-electron chi connectivity index (χ0n) is 14.8. The molecule has 0 radical (unpaired) electrons. The molecule has 1 unspecified atom stereocenters. The Hall–Kier alpha value is -2.06. The molecular weight excluding hydrogens is 352 g/mol. The van der Waals surface area contributed by atoms with Crippen LogP contribution >= 0.6 is 11.3 Å². The first kappa shape index (κ1) is 17.4. The van der Waals surface area contributed by atoms with Crippen LogP contribution in [0.4, 0.5) is 0 Å². The third kappa shape index (κ3) is 3.71. The minimum atomic E-state index is -0.184. The van der Waals surface area contributed by atoms with Crippen molar-refractivity contribution in [1.82, 2.24) is 19.9 Å². The van der Waals surface area contributed by atoms with Crippen molar-refractivity contribution in [2.45, 2.75) is 31.8 Å². The van der Waals surface area contributed by atoms with E-state index in [1.54, 1.807) is 18.6 Å². The molecule has 2 aliphatic rings. The summed E-state index contributed by atoms with van der Waals surface area (Å²) in [5.41, 5.74) is 0.364. The van der Waals surface area contributed by atoms with Crippen LogP contribution in [0.25, 0.3) is 0 Å². The van der Waals surface area contributed by atoms with E-state index in [0.29, 0.717) is 37.2 Å². The molecule has 2 saturated heterocycles. The number of likely N-dealkylation sites (tertiary alicyclic amines) is 1. The fourth-order valence-electron chi connectivity index (χ4n) is 3.70. The summed E-state index contributed by atoms with van der Waals surface area (Å²) < 4.78 is 11.7. The van der Waals surface area contributed by atoms with Crippen molar-refractivity contribution in [1.29, 1.82) is 0 Å². The minimum absolute atomic E-state index is 0.0108. The van der Waals surface area contributed by atoms with Crippen LogP contribution in [-0.2, 0) is 4.74 Å². The maximum absolute atomic E-state index is 12.5. The molecule has 0 N–H and O–H groups in total. The van der Waals surface area contributed by atoms with Crippen LogP contribution < -0.4 is 4.74 Å². The lowest BCUT2D eigenvalue weighted by atomic mass is 9.79. The summed E-state index contributed by atoms with van der Waals surface area (Å²) in [6, 6.07) is 0. The van der Waals surface area contributed by atoms with Gasteiger partial charge < -0.3 is 14.4 Å². The lowest BCUT2D eigenvalue weighted by Crippen LogP contribution is -2.66. The second-order valence-electron chi connectivity index (χ2n) is 6.98. The Bertz CT molecular complexity index is 761. The Kier molecular flexibility index (Phi) is 4.86. The maximum Gasteiger partial charge on any atom is 0.273 e. The Balaban J connectivity index is 1.26. The van der Waals surface area contributed by atoms with Gasteiger partial charge in [-0.2, -0.15) is 0 Å². The van der Waals surface area contributed by atoms with Gasteiger partial charge in [-0.1, -0.05) is 0 Å². The number of hydrogen-bond donors (Lipinski definition) is 0. The normalized spacial score (nSPS) is 21.4. The van der Waals surface area contributed by atoms with Crippen molar-refractivity contribution in [3.63, 3.8) is 0 Å². The molecule has 0 saturated carbocycles. The number of carbonyl (C=O) groups is 1. The molecule has 26 heavy (non-hydrogen) atoms.